The van der Waals surface area contributed by atoms with E-state index in [9.17, 15) is 14.9 Å². The van der Waals surface area contributed by atoms with Gasteiger partial charge in [0.1, 0.15) is 5.75 Å². The number of nitrogens with one attached hydrogen (secondary N) is 2. The molecule has 1 fully saturated rings. The molecule has 2 heterocycles. The van der Waals surface area contributed by atoms with Gasteiger partial charge in [-0.3, -0.25) is 0 Å². The van der Waals surface area contributed by atoms with E-state index in [0.717, 1.165) is 56.7 Å². The summed E-state index contributed by atoms with van der Waals surface area (Å²) < 4.78 is 5.54. The zero-order chi connectivity index (χ0) is 23.5. The first-order valence-electron chi connectivity index (χ1n) is 11.9. The second-order valence-corrected chi connectivity index (χ2v) is 8.76. The first-order chi connectivity index (χ1) is 15.4. The number of carboxylic acid groups (broad SMARTS) is 1. The molecule has 1 aromatic rings. The Morgan fingerprint density at radius 3 is 2.56 bits per heavy atom. The lowest BCUT2D eigenvalue weighted by Crippen LogP contribution is -2.51. The number of para-hydroxylation sites is 1. The van der Waals surface area contributed by atoms with Gasteiger partial charge in [-0.15, -0.1) is 0 Å². The molecular formula is C24H40BN3O4. The molecule has 1 saturated heterocycles. The first kappa shape index (κ1) is 26.2. The highest BCUT2D eigenvalue weighted by molar-refractivity contribution is 6.46. The smallest absolute Gasteiger partial charge is 0.534 e. The molecule has 7 nitrogen and oxygen atoms in total. The van der Waals surface area contributed by atoms with Gasteiger partial charge in [-0.2, -0.15) is 0 Å². The molecule has 2 aliphatic rings. The largest absolute Gasteiger partial charge is 0.546 e. The van der Waals surface area contributed by atoms with E-state index in [1.807, 2.05) is 13.1 Å². The Morgan fingerprint density at radius 2 is 1.97 bits per heavy atom. The monoisotopic (exact) mass is 445 g/mol. The molecule has 0 spiro atoms. The van der Waals surface area contributed by atoms with Gasteiger partial charge in [-0.05, 0) is 63.4 Å². The van der Waals surface area contributed by atoms with Crippen molar-refractivity contribution in [3.05, 3.63) is 41.6 Å². The lowest BCUT2D eigenvalue weighted by atomic mass is 9.72. The minimum Gasteiger partial charge on any atom is -0.534 e. The van der Waals surface area contributed by atoms with Crippen LogP contribution in [0.1, 0.15) is 61.9 Å². The Morgan fingerprint density at radius 1 is 1.28 bits per heavy atom. The summed E-state index contributed by atoms with van der Waals surface area (Å²) in [5.74, 6) is -0.529. The summed E-state index contributed by atoms with van der Waals surface area (Å²) >= 11 is 0. The molecule has 0 amide bonds. The molecule has 1 unspecified atom stereocenters. The second-order valence-electron chi connectivity index (χ2n) is 8.76. The van der Waals surface area contributed by atoms with Crippen LogP contribution < -0.4 is 15.3 Å². The molecule has 32 heavy (non-hydrogen) atoms. The van der Waals surface area contributed by atoms with E-state index in [-0.39, 0.29) is 17.3 Å². The number of allylic oxidation sites excluding steroid dienone is 1. The fourth-order valence-corrected chi connectivity index (χ4v) is 4.07. The molecule has 1 aromatic carbocycles. The maximum Gasteiger partial charge on any atom is 0.546 e. The highest BCUT2D eigenvalue weighted by atomic mass is 16.5. The number of aromatic carboxylic acids is 1. The molecule has 4 N–H and O–H groups in total. The van der Waals surface area contributed by atoms with Crippen molar-refractivity contribution in [1.82, 2.24) is 15.5 Å². The number of unbranched alkanes of at least 4 members (excludes halogenated alkanes) is 1. The molecule has 3 rings (SSSR count). The normalized spacial score (nSPS) is 18.8. The Labute approximate surface area is 193 Å². The SMILES string of the molecule is C=C(CC1CCN(CCNC)CC1)NC1Cc2cccc(C(=O)O)c2OB1O.CCCC. The number of nitrogens with zero attached hydrogens (tertiary/aromatic N) is 1. The van der Waals surface area contributed by atoms with Crippen molar-refractivity contribution in [2.24, 2.45) is 5.92 Å². The van der Waals surface area contributed by atoms with Crippen LogP contribution in [-0.2, 0) is 6.42 Å². The number of carbonyl (C=O) groups is 1. The summed E-state index contributed by atoms with van der Waals surface area (Å²) in [7, 11) is 0.875. The van der Waals surface area contributed by atoms with Gasteiger partial charge in [0.2, 0.25) is 0 Å². The number of likely N-dealkylation sites (N-methyl/N-ethyl adjacent to an activating group) is 1. The zero-order valence-electron chi connectivity index (χ0n) is 19.9. The van der Waals surface area contributed by atoms with Crippen molar-refractivity contribution in [2.45, 2.75) is 58.3 Å². The fraction of sp³-hybridized carbons (Fsp3) is 0.625. The van der Waals surface area contributed by atoms with E-state index >= 15 is 0 Å². The minimum absolute atomic E-state index is 0.0823. The predicted octanol–water partition coefficient (Wildman–Crippen LogP) is 2.94. The molecule has 8 heteroatoms. The van der Waals surface area contributed by atoms with Crippen LogP contribution in [0.4, 0.5) is 0 Å². The third kappa shape index (κ3) is 7.83. The number of fused-ring (bicyclic) bond motifs is 1. The van der Waals surface area contributed by atoms with Crippen molar-refractivity contribution < 1.29 is 19.6 Å². The van der Waals surface area contributed by atoms with E-state index in [1.54, 1.807) is 6.07 Å². The van der Waals surface area contributed by atoms with Gasteiger partial charge >= 0.3 is 13.1 Å². The Hall–Kier alpha value is -2.03. The standard InChI is InChI=1S/C20H30BN3O4.C4H10/c1-14(12-15-6-9-24(10-7-15)11-8-22-2)23-18-13-16-4-3-5-17(20(25)26)19(16)28-21(18)27;1-3-4-2/h3-5,15,18,22-23,27H,1,6-13H2,2H3,(H,25,26);3-4H2,1-2H3. The topological polar surface area (TPSA) is 94.1 Å². The van der Waals surface area contributed by atoms with Gasteiger partial charge in [0, 0.05) is 18.8 Å². The Kier molecular flexibility index (Phi) is 11.1. The van der Waals surface area contributed by atoms with Crippen LogP contribution in [0.25, 0.3) is 0 Å². The third-order valence-corrected chi connectivity index (χ3v) is 6.16. The van der Waals surface area contributed by atoms with E-state index in [2.05, 4.69) is 36.0 Å². The van der Waals surface area contributed by atoms with E-state index in [0.29, 0.717) is 12.3 Å². The van der Waals surface area contributed by atoms with E-state index < -0.39 is 13.1 Å². The highest BCUT2D eigenvalue weighted by Gasteiger charge is 2.37. The van der Waals surface area contributed by atoms with Crippen LogP contribution in [-0.4, -0.2) is 67.3 Å². The second kappa shape index (κ2) is 13.5. The Balaban J connectivity index is 0.000000837. The molecule has 0 aliphatic carbocycles. The average molecular weight is 445 g/mol. The number of likely N-dealkylation sites (tertiary alicyclic amines) is 1. The van der Waals surface area contributed by atoms with E-state index in [4.69, 9.17) is 4.65 Å². The quantitative estimate of drug-likeness (QED) is 0.434. The summed E-state index contributed by atoms with van der Waals surface area (Å²) in [6, 6.07) is 5.03. The molecule has 0 saturated carbocycles. The predicted molar refractivity (Wildman–Crippen MR) is 130 cm³/mol. The summed E-state index contributed by atoms with van der Waals surface area (Å²) in [5.41, 5.74) is 1.77. The number of hydrogen-bond acceptors (Lipinski definition) is 6. The summed E-state index contributed by atoms with van der Waals surface area (Å²) in [6.45, 7) is 12.8. The number of rotatable bonds is 9. The number of carboxylic acids is 1. The van der Waals surface area contributed by atoms with Gasteiger partial charge in [-0.25, -0.2) is 4.79 Å². The number of benzene rings is 1. The van der Waals surface area contributed by atoms with Gasteiger partial charge in [-0.1, -0.05) is 45.4 Å². The van der Waals surface area contributed by atoms with Crippen molar-refractivity contribution in [3.8, 4) is 5.75 Å². The highest BCUT2D eigenvalue weighted by Crippen LogP contribution is 2.31. The van der Waals surface area contributed by atoms with Gasteiger partial charge < -0.3 is 30.3 Å². The van der Waals surface area contributed by atoms with Crippen LogP contribution in [0.15, 0.2) is 30.5 Å². The van der Waals surface area contributed by atoms with E-state index in [1.165, 1.54) is 18.9 Å². The average Bonchev–Trinajstić information content (AvgIpc) is 2.78. The molecule has 0 aromatic heterocycles. The zero-order valence-corrected chi connectivity index (χ0v) is 19.9. The molecule has 2 aliphatic heterocycles. The molecule has 1 atom stereocenters. The van der Waals surface area contributed by atoms with Crippen LogP contribution in [0.3, 0.4) is 0 Å². The number of piperidine rings is 1. The minimum atomic E-state index is -1.10. The van der Waals surface area contributed by atoms with Crippen LogP contribution in [0.2, 0.25) is 0 Å². The molecular weight excluding hydrogens is 405 g/mol. The van der Waals surface area contributed by atoms with Gasteiger partial charge in [0.25, 0.3) is 0 Å². The summed E-state index contributed by atoms with van der Waals surface area (Å²) in [5, 5.41) is 26.2. The van der Waals surface area contributed by atoms with Gasteiger partial charge in [0.15, 0.2) is 0 Å². The van der Waals surface area contributed by atoms with Crippen molar-refractivity contribution >= 4 is 13.1 Å². The molecule has 178 valence electrons. The third-order valence-electron chi connectivity index (χ3n) is 6.16. The van der Waals surface area contributed by atoms with Crippen molar-refractivity contribution in [3.63, 3.8) is 0 Å². The van der Waals surface area contributed by atoms with Gasteiger partial charge in [0.05, 0.1) is 11.5 Å². The number of hydrogen-bond donors (Lipinski definition) is 4. The van der Waals surface area contributed by atoms with Crippen LogP contribution in [0.5, 0.6) is 5.75 Å². The van der Waals surface area contributed by atoms with Crippen molar-refractivity contribution in [1.29, 1.82) is 0 Å². The lowest BCUT2D eigenvalue weighted by Gasteiger charge is -2.34. The van der Waals surface area contributed by atoms with Crippen molar-refractivity contribution in [2.75, 3.05) is 33.2 Å². The molecule has 0 bridgehead atoms. The lowest BCUT2D eigenvalue weighted by molar-refractivity contribution is 0.0694. The summed E-state index contributed by atoms with van der Waals surface area (Å²) in [4.78, 5) is 13.8. The first-order valence-corrected chi connectivity index (χ1v) is 11.9. The maximum atomic E-state index is 11.3. The fourth-order valence-electron chi connectivity index (χ4n) is 4.07. The maximum absolute atomic E-state index is 11.3. The van der Waals surface area contributed by atoms with Crippen LogP contribution >= 0.6 is 0 Å². The Bertz CT molecular complexity index is 736. The van der Waals surface area contributed by atoms with Crippen LogP contribution in [0, 0.1) is 5.92 Å². The molecule has 0 radical (unpaired) electrons. The summed E-state index contributed by atoms with van der Waals surface area (Å²) in [6.07, 6.45) is 6.32.